The van der Waals surface area contributed by atoms with Crippen LogP contribution in [0.5, 0.6) is 5.75 Å². The van der Waals surface area contributed by atoms with Crippen LogP contribution in [0, 0.1) is 13.8 Å². The first-order valence-electron chi connectivity index (χ1n) is 7.38. The Kier molecular flexibility index (Phi) is 5.43. The fourth-order valence-electron chi connectivity index (χ4n) is 2.03. The van der Waals surface area contributed by atoms with Crippen LogP contribution in [-0.4, -0.2) is 20.2 Å². The van der Waals surface area contributed by atoms with Crippen molar-refractivity contribution in [2.45, 2.75) is 25.7 Å². The van der Waals surface area contributed by atoms with Gasteiger partial charge in [-0.05, 0) is 55.3 Å². The van der Waals surface area contributed by atoms with E-state index in [1.54, 1.807) is 26.0 Å². The van der Waals surface area contributed by atoms with Gasteiger partial charge in [-0.2, -0.15) is 8.42 Å². The summed E-state index contributed by atoms with van der Waals surface area (Å²) in [4.78, 5) is 22.6. The molecule has 2 amide bonds. The Morgan fingerprint density at radius 1 is 0.960 bits per heavy atom. The van der Waals surface area contributed by atoms with Crippen molar-refractivity contribution in [1.29, 1.82) is 0 Å². The van der Waals surface area contributed by atoms with Gasteiger partial charge in [-0.1, -0.05) is 12.1 Å². The first-order valence-corrected chi connectivity index (χ1v) is 8.78. The predicted octanol–water partition coefficient (Wildman–Crippen LogP) is 1.85. The number of rotatable bonds is 4. The maximum Gasteiger partial charge on any atom is 0.339 e. The maximum atomic E-state index is 12.4. The first kappa shape index (κ1) is 18.5. The third-order valence-corrected chi connectivity index (χ3v) is 4.68. The molecule has 0 saturated carbocycles. The van der Waals surface area contributed by atoms with Gasteiger partial charge in [0.15, 0.2) is 0 Å². The van der Waals surface area contributed by atoms with Crippen molar-refractivity contribution in [3.63, 3.8) is 0 Å². The highest BCUT2D eigenvalue weighted by Crippen LogP contribution is 2.22. The predicted molar refractivity (Wildman–Crippen MR) is 91.5 cm³/mol. The number of carbonyl (C=O) groups excluding carboxylic acids is 2. The molecule has 132 valence electrons. The Morgan fingerprint density at radius 2 is 1.60 bits per heavy atom. The number of nitrogens with one attached hydrogen (secondary N) is 2. The first-order chi connectivity index (χ1) is 11.7. The van der Waals surface area contributed by atoms with Crippen LogP contribution in [0.4, 0.5) is 0 Å². The molecule has 8 heteroatoms. The van der Waals surface area contributed by atoms with Crippen molar-refractivity contribution in [2.24, 2.45) is 0 Å². The monoisotopic (exact) mass is 362 g/mol. The molecule has 0 unspecified atom stereocenters. The highest BCUT2D eigenvalue weighted by molar-refractivity contribution is 7.87. The van der Waals surface area contributed by atoms with Crippen LogP contribution < -0.4 is 15.0 Å². The Hall–Kier alpha value is -2.87. The lowest BCUT2D eigenvalue weighted by atomic mass is 10.2. The molecule has 0 atom stereocenters. The van der Waals surface area contributed by atoms with Gasteiger partial charge >= 0.3 is 10.1 Å². The van der Waals surface area contributed by atoms with E-state index in [2.05, 4.69) is 10.9 Å². The summed E-state index contributed by atoms with van der Waals surface area (Å²) in [5, 5.41) is 0. The van der Waals surface area contributed by atoms with Gasteiger partial charge < -0.3 is 4.18 Å². The van der Waals surface area contributed by atoms with Crippen molar-refractivity contribution in [3.8, 4) is 5.75 Å². The number of hydrazine groups is 1. The molecule has 0 heterocycles. The highest BCUT2D eigenvalue weighted by atomic mass is 32.2. The smallest absolute Gasteiger partial charge is 0.339 e. The number of carbonyl (C=O) groups is 2. The Morgan fingerprint density at radius 3 is 2.20 bits per heavy atom. The minimum absolute atomic E-state index is 0.0805. The molecule has 0 spiro atoms. The van der Waals surface area contributed by atoms with Crippen molar-refractivity contribution in [2.75, 3.05) is 0 Å². The van der Waals surface area contributed by atoms with Crippen LogP contribution >= 0.6 is 0 Å². The SMILES string of the molecule is CC(=O)NNC(=O)c1ccc(OS(=O)(=O)c2cc(C)ccc2C)cc1. The fourth-order valence-corrected chi connectivity index (χ4v) is 3.27. The highest BCUT2D eigenvalue weighted by Gasteiger charge is 2.19. The molecule has 0 saturated heterocycles. The third kappa shape index (κ3) is 4.80. The molecule has 0 bridgehead atoms. The molecule has 2 N–H and O–H groups in total. The van der Waals surface area contributed by atoms with Crippen molar-refractivity contribution in [1.82, 2.24) is 10.9 Å². The van der Waals surface area contributed by atoms with Gasteiger partial charge in [-0.15, -0.1) is 0 Å². The molecule has 0 fully saturated rings. The molecular formula is C17H18N2O5S. The molecule has 0 aliphatic heterocycles. The van der Waals surface area contributed by atoms with Crippen LogP contribution in [-0.2, 0) is 14.9 Å². The molecule has 0 aromatic heterocycles. The summed E-state index contributed by atoms with van der Waals surface area (Å²) in [5.74, 6) is -0.857. The zero-order valence-corrected chi connectivity index (χ0v) is 14.8. The topological polar surface area (TPSA) is 102 Å². The van der Waals surface area contributed by atoms with Crippen molar-refractivity contribution < 1.29 is 22.2 Å². The Bertz CT molecular complexity index is 905. The number of amides is 2. The summed E-state index contributed by atoms with van der Waals surface area (Å²) in [6.45, 7) is 4.74. The van der Waals surface area contributed by atoms with Gasteiger partial charge in [0, 0.05) is 12.5 Å². The summed E-state index contributed by atoms with van der Waals surface area (Å²) in [6, 6.07) is 10.6. The zero-order chi connectivity index (χ0) is 18.6. The van der Waals surface area contributed by atoms with E-state index in [0.717, 1.165) is 5.56 Å². The van der Waals surface area contributed by atoms with Gasteiger partial charge in [0.05, 0.1) is 0 Å². The second-order valence-corrected chi connectivity index (χ2v) is 6.98. The van der Waals surface area contributed by atoms with Crippen LogP contribution in [0.2, 0.25) is 0 Å². The number of benzene rings is 2. The fraction of sp³-hybridized carbons (Fsp3) is 0.176. The minimum Gasteiger partial charge on any atom is -0.379 e. The summed E-state index contributed by atoms with van der Waals surface area (Å²) >= 11 is 0. The molecule has 0 radical (unpaired) electrons. The zero-order valence-electron chi connectivity index (χ0n) is 14.0. The van der Waals surface area contributed by atoms with Gasteiger partial charge in [0.1, 0.15) is 10.6 Å². The Labute approximate surface area is 146 Å². The van der Waals surface area contributed by atoms with Gasteiger partial charge in [-0.25, -0.2) is 0 Å². The minimum atomic E-state index is -3.98. The van der Waals surface area contributed by atoms with E-state index in [1.807, 2.05) is 6.07 Å². The standard InChI is InChI=1S/C17H18N2O5S/c1-11-4-5-12(2)16(10-11)25(22,23)24-15-8-6-14(7-9-15)17(21)19-18-13(3)20/h4-10H,1-3H3,(H,18,20)(H,19,21). The Balaban J connectivity index is 2.16. The van der Waals surface area contributed by atoms with Crippen molar-refractivity contribution in [3.05, 3.63) is 59.2 Å². The normalized spacial score (nSPS) is 10.8. The summed E-state index contributed by atoms with van der Waals surface area (Å²) in [6.07, 6.45) is 0. The van der Waals surface area contributed by atoms with E-state index >= 15 is 0 Å². The second kappa shape index (κ2) is 7.35. The average molecular weight is 362 g/mol. The lowest BCUT2D eigenvalue weighted by Gasteiger charge is -2.10. The van der Waals surface area contributed by atoms with Crippen LogP contribution in [0.1, 0.15) is 28.4 Å². The van der Waals surface area contributed by atoms with Crippen molar-refractivity contribution >= 4 is 21.9 Å². The maximum absolute atomic E-state index is 12.4. The van der Waals surface area contributed by atoms with Gasteiger partial charge in [0.25, 0.3) is 5.91 Å². The molecular weight excluding hydrogens is 344 g/mol. The number of hydrogen-bond donors (Lipinski definition) is 2. The van der Waals surface area contributed by atoms with E-state index in [4.69, 9.17) is 4.18 Å². The number of aryl methyl sites for hydroxylation is 2. The van der Waals surface area contributed by atoms with Gasteiger partial charge in [-0.3, -0.25) is 20.4 Å². The van der Waals surface area contributed by atoms with Crippen LogP contribution in [0.15, 0.2) is 47.4 Å². The van der Waals surface area contributed by atoms with Crippen LogP contribution in [0.3, 0.4) is 0 Å². The summed E-state index contributed by atoms with van der Waals surface area (Å²) in [7, 11) is -3.98. The van der Waals surface area contributed by atoms with E-state index in [0.29, 0.717) is 5.56 Å². The number of hydrogen-bond acceptors (Lipinski definition) is 5. The molecule has 2 rings (SSSR count). The van der Waals surface area contributed by atoms with E-state index < -0.39 is 21.9 Å². The largest absolute Gasteiger partial charge is 0.379 e. The molecule has 2 aromatic carbocycles. The average Bonchev–Trinajstić information content (AvgIpc) is 2.55. The third-order valence-electron chi connectivity index (χ3n) is 3.29. The van der Waals surface area contributed by atoms with E-state index in [-0.39, 0.29) is 16.2 Å². The molecule has 0 aliphatic rings. The molecule has 25 heavy (non-hydrogen) atoms. The lowest BCUT2D eigenvalue weighted by Crippen LogP contribution is -2.40. The van der Waals surface area contributed by atoms with E-state index in [1.165, 1.54) is 31.2 Å². The quantitative estimate of drug-likeness (QED) is 0.638. The molecule has 0 aliphatic carbocycles. The van der Waals surface area contributed by atoms with Crippen LogP contribution in [0.25, 0.3) is 0 Å². The summed E-state index contributed by atoms with van der Waals surface area (Å²) < 4.78 is 30.0. The van der Waals surface area contributed by atoms with Gasteiger partial charge in [0.2, 0.25) is 5.91 Å². The molecule has 7 nitrogen and oxygen atoms in total. The van der Waals surface area contributed by atoms with E-state index in [9.17, 15) is 18.0 Å². The molecule has 2 aromatic rings. The summed E-state index contributed by atoms with van der Waals surface area (Å²) in [5.41, 5.74) is 6.00. The lowest BCUT2D eigenvalue weighted by molar-refractivity contribution is -0.119. The second-order valence-electron chi connectivity index (χ2n) is 5.47.